The van der Waals surface area contributed by atoms with Crippen LogP contribution in [0.15, 0.2) is 0 Å². The fourth-order valence-electron chi connectivity index (χ4n) is 0.633. The van der Waals surface area contributed by atoms with E-state index in [1.165, 1.54) is 0 Å². The lowest BCUT2D eigenvalue weighted by Crippen LogP contribution is -2.07. The molecule has 0 heterocycles. The Hall–Kier alpha value is -0.450. The summed E-state index contributed by atoms with van der Waals surface area (Å²) in [7, 11) is 0. The number of carbonyl (C=O) groups excluding carboxylic acids is 1. The molecule has 4 nitrogen and oxygen atoms in total. The Labute approximate surface area is 98.9 Å². The van der Waals surface area contributed by atoms with Gasteiger partial charge in [-0.15, -0.1) is 0 Å². The molecule has 0 saturated heterocycles. The van der Waals surface area contributed by atoms with E-state index in [0.29, 0.717) is 26.2 Å². The third kappa shape index (κ3) is 23.4. The number of unbranched alkanes of at least 4 members (excludes halogenated alkanes) is 1. The summed E-state index contributed by atoms with van der Waals surface area (Å²) in [6.07, 6.45) is 2.94. The molecule has 1 N–H and O–H groups in total. The van der Waals surface area contributed by atoms with Crippen molar-refractivity contribution in [3.05, 3.63) is 0 Å². The number of hydrogen-bond donors (Lipinski definition) is 1. The minimum atomic E-state index is 0.0922. The van der Waals surface area contributed by atoms with Crippen LogP contribution in [-0.4, -0.2) is 43.9 Å². The van der Waals surface area contributed by atoms with Crippen LogP contribution >= 0.6 is 0 Å². The van der Waals surface area contributed by atoms with Crippen molar-refractivity contribution in [2.24, 2.45) is 0 Å². The van der Waals surface area contributed by atoms with Crippen LogP contribution < -0.4 is 0 Å². The van der Waals surface area contributed by atoms with E-state index in [-0.39, 0.29) is 12.4 Å². The molecule has 0 aliphatic carbocycles. The lowest BCUT2D eigenvalue weighted by Gasteiger charge is -2.02. The second-order valence-corrected chi connectivity index (χ2v) is 3.36. The van der Waals surface area contributed by atoms with Gasteiger partial charge in [-0.2, -0.15) is 0 Å². The third-order valence-electron chi connectivity index (χ3n) is 1.75. The number of aliphatic hydroxyl groups is 1. The summed E-state index contributed by atoms with van der Waals surface area (Å²) in [4.78, 5) is 9.81. The highest BCUT2D eigenvalue weighted by Crippen LogP contribution is 1.87. The van der Waals surface area contributed by atoms with E-state index in [0.717, 1.165) is 19.4 Å². The number of ether oxygens (including phenoxy) is 2. The number of Topliss-reactive ketones (excluding diaryl/α,β-unsaturated/α-hetero) is 1. The lowest BCUT2D eigenvalue weighted by molar-refractivity contribution is -0.116. The number of hydrogen-bond acceptors (Lipinski definition) is 4. The van der Waals surface area contributed by atoms with Gasteiger partial charge in [0.15, 0.2) is 0 Å². The summed E-state index contributed by atoms with van der Waals surface area (Å²) in [6.45, 7) is 8.11. The highest BCUT2D eigenvalue weighted by Gasteiger charge is 1.87. The molecule has 0 aromatic heterocycles. The molecule has 16 heavy (non-hydrogen) atoms. The molecule has 0 spiro atoms. The maximum absolute atomic E-state index is 9.81. The Morgan fingerprint density at radius 3 is 1.94 bits per heavy atom. The molecule has 4 heteroatoms. The summed E-state index contributed by atoms with van der Waals surface area (Å²) in [6, 6.07) is 0. The van der Waals surface area contributed by atoms with Gasteiger partial charge < -0.3 is 19.4 Å². The monoisotopic (exact) mass is 234 g/mol. The molecular weight excluding hydrogens is 208 g/mol. The van der Waals surface area contributed by atoms with Crippen molar-refractivity contribution in [2.45, 2.75) is 40.0 Å². The molecule has 0 aromatic rings. The Bertz CT molecular complexity index is 129. The van der Waals surface area contributed by atoms with Crippen LogP contribution in [0.4, 0.5) is 0 Å². The van der Waals surface area contributed by atoms with Crippen molar-refractivity contribution in [1.29, 1.82) is 0 Å². The van der Waals surface area contributed by atoms with Crippen LogP contribution in [-0.2, 0) is 14.3 Å². The second kappa shape index (κ2) is 17.0. The summed E-state index contributed by atoms with van der Waals surface area (Å²) >= 11 is 0. The van der Waals surface area contributed by atoms with E-state index in [1.54, 1.807) is 6.92 Å². The van der Waals surface area contributed by atoms with Gasteiger partial charge in [0.2, 0.25) is 0 Å². The molecule has 0 unspecified atom stereocenters. The largest absolute Gasteiger partial charge is 0.394 e. The number of aliphatic hydroxyl groups excluding tert-OH is 1. The van der Waals surface area contributed by atoms with E-state index in [2.05, 4.69) is 6.92 Å². The maximum Gasteiger partial charge on any atom is 0.129 e. The molecule has 0 saturated carbocycles. The van der Waals surface area contributed by atoms with Crippen molar-refractivity contribution < 1.29 is 19.4 Å². The summed E-state index contributed by atoms with van der Waals surface area (Å²) in [5.74, 6) is 0.255. The molecule has 0 rings (SSSR count). The summed E-state index contributed by atoms with van der Waals surface area (Å²) < 4.78 is 10.2. The van der Waals surface area contributed by atoms with E-state index in [9.17, 15) is 4.79 Å². The molecule has 0 atom stereocenters. The first-order valence-electron chi connectivity index (χ1n) is 5.94. The van der Waals surface area contributed by atoms with Crippen molar-refractivity contribution in [3.8, 4) is 0 Å². The highest BCUT2D eigenvalue weighted by molar-refractivity contribution is 5.74. The van der Waals surface area contributed by atoms with E-state index in [1.807, 2.05) is 6.92 Å². The minimum Gasteiger partial charge on any atom is -0.394 e. The van der Waals surface area contributed by atoms with Crippen LogP contribution in [0.1, 0.15) is 40.0 Å². The SMILES string of the molecule is CCC(C)=O.CCCCOCCOCCO. The standard InChI is InChI=1S/C8H18O3.C4H8O/c1-2-3-5-10-7-8-11-6-4-9;1-3-4(2)5/h9H,2-8H2,1H3;3H2,1-2H3. The van der Waals surface area contributed by atoms with Crippen LogP contribution in [0.2, 0.25) is 0 Å². The Morgan fingerprint density at radius 2 is 1.56 bits per heavy atom. The average molecular weight is 234 g/mol. The van der Waals surface area contributed by atoms with Gasteiger partial charge >= 0.3 is 0 Å². The summed E-state index contributed by atoms with van der Waals surface area (Å²) in [5, 5.41) is 8.34. The first kappa shape index (κ1) is 17.9. The Morgan fingerprint density at radius 1 is 1.06 bits per heavy atom. The Kier molecular flexibility index (Phi) is 19.0. The molecule has 98 valence electrons. The van der Waals surface area contributed by atoms with Gasteiger partial charge in [-0.25, -0.2) is 0 Å². The first-order chi connectivity index (χ1) is 7.68. The predicted molar refractivity (Wildman–Crippen MR) is 64.6 cm³/mol. The number of ketones is 1. The van der Waals surface area contributed by atoms with Gasteiger partial charge in [-0.05, 0) is 13.3 Å². The topological polar surface area (TPSA) is 55.8 Å². The van der Waals surface area contributed by atoms with Crippen LogP contribution in [0.3, 0.4) is 0 Å². The predicted octanol–water partition coefficient (Wildman–Crippen LogP) is 1.80. The third-order valence-corrected chi connectivity index (χ3v) is 1.75. The molecule has 0 aliphatic rings. The van der Waals surface area contributed by atoms with Gasteiger partial charge in [0.05, 0.1) is 26.4 Å². The van der Waals surface area contributed by atoms with Crippen molar-refractivity contribution in [3.63, 3.8) is 0 Å². The Balaban J connectivity index is 0. The number of rotatable bonds is 9. The molecule has 0 fully saturated rings. The van der Waals surface area contributed by atoms with Gasteiger partial charge in [-0.1, -0.05) is 20.3 Å². The fraction of sp³-hybridized carbons (Fsp3) is 0.917. The molecule has 0 aromatic carbocycles. The van der Waals surface area contributed by atoms with Gasteiger partial charge in [0.1, 0.15) is 5.78 Å². The highest BCUT2D eigenvalue weighted by atomic mass is 16.5. The quantitative estimate of drug-likeness (QED) is 0.618. The molecule has 0 radical (unpaired) electrons. The average Bonchev–Trinajstić information content (AvgIpc) is 2.29. The van der Waals surface area contributed by atoms with Crippen LogP contribution in [0.25, 0.3) is 0 Å². The van der Waals surface area contributed by atoms with E-state index < -0.39 is 0 Å². The van der Waals surface area contributed by atoms with Crippen LogP contribution in [0, 0.1) is 0 Å². The normalized spacial score (nSPS) is 9.50. The van der Waals surface area contributed by atoms with Crippen molar-refractivity contribution in [1.82, 2.24) is 0 Å². The van der Waals surface area contributed by atoms with Gasteiger partial charge in [0, 0.05) is 13.0 Å². The molecule has 0 aliphatic heterocycles. The van der Waals surface area contributed by atoms with E-state index in [4.69, 9.17) is 14.6 Å². The van der Waals surface area contributed by atoms with Crippen LogP contribution in [0.5, 0.6) is 0 Å². The zero-order valence-electron chi connectivity index (χ0n) is 10.8. The van der Waals surface area contributed by atoms with Crippen molar-refractivity contribution in [2.75, 3.05) is 33.0 Å². The smallest absolute Gasteiger partial charge is 0.129 e. The van der Waals surface area contributed by atoms with Gasteiger partial charge in [-0.3, -0.25) is 0 Å². The fourth-order valence-corrected chi connectivity index (χ4v) is 0.633. The minimum absolute atomic E-state index is 0.0922. The zero-order valence-corrected chi connectivity index (χ0v) is 10.8. The molecule has 0 bridgehead atoms. The maximum atomic E-state index is 9.81. The first-order valence-corrected chi connectivity index (χ1v) is 5.94. The zero-order chi connectivity index (χ0) is 12.6. The second-order valence-electron chi connectivity index (χ2n) is 3.36. The summed E-state index contributed by atoms with van der Waals surface area (Å²) in [5.41, 5.74) is 0. The number of carbonyl (C=O) groups is 1. The molecule has 0 amide bonds. The molecular formula is C12H26O4. The van der Waals surface area contributed by atoms with Gasteiger partial charge in [0.25, 0.3) is 0 Å². The van der Waals surface area contributed by atoms with Crippen molar-refractivity contribution >= 4 is 5.78 Å². The lowest BCUT2D eigenvalue weighted by atomic mass is 10.4. The van der Waals surface area contributed by atoms with E-state index >= 15 is 0 Å².